The Kier molecular flexibility index (Phi) is 9.96. The molecule has 1 atom stereocenters. The van der Waals surface area contributed by atoms with Crippen molar-refractivity contribution in [2.75, 3.05) is 52.3 Å². The molecule has 4 heterocycles. The number of hydrogen-bond donors (Lipinski definition) is 2. The van der Waals surface area contributed by atoms with Gasteiger partial charge in [-0.3, -0.25) is 14.5 Å². The number of benzene rings is 3. The van der Waals surface area contributed by atoms with Crippen molar-refractivity contribution in [3.63, 3.8) is 0 Å². The van der Waals surface area contributed by atoms with Crippen molar-refractivity contribution in [2.24, 2.45) is 13.0 Å². The van der Waals surface area contributed by atoms with Gasteiger partial charge in [0.25, 0.3) is 5.91 Å². The van der Waals surface area contributed by atoms with E-state index in [4.69, 9.17) is 37.4 Å². The highest BCUT2D eigenvalue weighted by molar-refractivity contribution is 6.36. The summed E-state index contributed by atoms with van der Waals surface area (Å²) in [6, 6.07) is 12.8. The van der Waals surface area contributed by atoms with Gasteiger partial charge in [0.1, 0.15) is 0 Å². The van der Waals surface area contributed by atoms with Crippen molar-refractivity contribution < 1.29 is 33.3 Å². The number of methoxy groups -OCH3 is 1. The smallest absolute Gasteiger partial charge is 0.307 e. The second-order valence-corrected chi connectivity index (χ2v) is 14.6. The maximum Gasteiger partial charge on any atom is 0.307 e. The largest absolute Gasteiger partial charge is 0.493 e. The monoisotopic (exact) mass is 751 g/mol. The normalized spacial score (nSPS) is 18.5. The van der Waals surface area contributed by atoms with E-state index in [1.54, 1.807) is 12.1 Å². The second kappa shape index (κ2) is 14.3. The Balaban J connectivity index is 1.16. The molecule has 4 aromatic rings. The molecule has 0 bridgehead atoms. The fraction of sp³-hybridized carbons (Fsp3) is 0.395. The summed E-state index contributed by atoms with van der Waals surface area (Å²) in [5.41, 5.74) is 4.92. The van der Waals surface area contributed by atoms with Crippen LogP contribution in [0.5, 0.6) is 11.5 Å². The van der Waals surface area contributed by atoms with Crippen molar-refractivity contribution >= 4 is 40.8 Å². The fourth-order valence-electron chi connectivity index (χ4n) is 7.53. The maximum atomic E-state index is 16.2. The molecule has 2 N–H and O–H groups in total. The first-order chi connectivity index (χ1) is 24.9. The van der Waals surface area contributed by atoms with E-state index in [-0.39, 0.29) is 42.2 Å². The van der Waals surface area contributed by atoms with E-state index < -0.39 is 23.3 Å². The number of hydrogen-bond acceptors (Lipinski definition) is 8. The molecule has 2 fully saturated rings. The van der Waals surface area contributed by atoms with Crippen LogP contribution in [-0.4, -0.2) is 83.3 Å². The highest BCUT2D eigenvalue weighted by atomic mass is 35.5. The predicted molar refractivity (Wildman–Crippen MR) is 195 cm³/mol. The first-order valence-electron chi connectivity index (χ1n) is 17.1. The van der Waals surface area contributed by atoms with Crippen molar-refractivity contribution in [2.45, 2.75) is 38.5 Å². The molecule has 2 saturated heterocycles. The number of rotatable bonds is 10. The van der Waals surface area contributed by atoms with Crippen LogP contribution in [-0.2, 0) is 41.7 Å². The predicted octanol–water partition coefficient (Wildman–Crippen LogP) is 6.30. The van der Waals surface area contributed by atoms with Crippen LogP contribution in [0.1, 0.15) is 45.1 Å². The molecule has 11 nitrogen and oxygen atoms in total. The van der Waals surface area contributed by atoms with Crippen LogP contribution in [0.2, 0.25) is 10.0 Å². The maximum absolute atomic E-state index is 16.2. The molecule has 1 aromatic heterocycles. The Morgan fingerprint density at radius 1 is 1.12 bits per heavy atom. The van der Waals surface area contributed by atoms with Gasteiger partial charge in [-0.2, -0.15) is 4.39 Å². The number of likely N-dealkylation sites (N-methyl/N-ethyl adjacent to an activating group) is 1. The third kappa shape index (κ3) is 6.51. The van der Waals surface area contributed by atoms with Crippen LogP contribution < -0.4 is 14.8 Å². The van der Waals surface area contributed by atoms with Crippen molar-refractivity contribution in [3.8, 4) is 22.6 Å². The SMILES string of the molecule is COc1c(CN2CCC(C(=O)O)C2)cc(Cl)c(OC2(c3cccc(-c4cccc(NC(=O)c5nc6c(n5C)CCN(C)C6)c4Cl)c3C)COC2)c1F. The molecule has 7 rings (SSSR count). The van der Waals surface area contributed by atoms with Crippen LogP contribution in [0.25, 0.3) is 11.1 Å². The molecule has 0 radical (unpaired) electrons. The lowest BCUT2D eigenvalue weighted by Crippen LogP contribution is -2.52. The van der Waals surface area contributed by atoms with Crippen molar-refractivity contribution in [3.05, 3.63) is 92.2 Å². The van der Waals surface area contributed by atoms with E-state index in [0.717, 1.165) is 41.0 Å². The number of nitrogens with one attached hydrogen (secondary N) is 1. The molecule has 3 aliphatic rings. The van der Waals surface area contributed by atoms with Gasteiger partial charge < -0.3 is 34.1 Å². The summed E-state index contributed by atoms with van der Waals surface area (Å²) in [6.45, 7) is 5.02. The molecule has 1 unspecified atom stereocenters. The van der Waals surface area contributed by atoms with E-state index in [0.29, 0.717) is 53.7 Å². The summed E-state index contributed by atoms with van der Waals surface area (Å²) >= 11 is 13.7. The number of carbonyl (C=O) groups is 2. The molecular formula is C38H40Cl2FN5O6. The van der Waals surface area contributed by atoms with Crippen LogP contribution in [0.4, 0.5) is 10.1 Å². The Bertz CT molecular complexity index is 2070. The van der Waals surface area contributed by atoms with Gasteiger partial charge in [-0.25, -0.2) is 4.98 Å². The number of carbonyl (C=O) groups excluding carboxylic acids is 1. The zero-order valence-corrected chi connectivity index (χ0v) is 30.9. The summed E-state index contributed by atoms with van der Waals surface area (Å²) < 4.78 is 35.7. The number of anilines is 1. The van der Waals surface area contributed by atoms with E-state index in [9.17, 15) is 14.7 Å². The third-order valence-corrected chi connectivity index (χ3v) is 11.1. The minimum absolute atomic E-state index is 0.0114. The standard InChI is InChI=1S/C38H40Cl2FN5O6/c1-21-24(25-8-6-10-28(31(25)40)43-36(47)35-42-29-18-44(2)13-12-30(29)45(35)3)7-5-9-26(21)38(19-51-20-38)52-34-27(39)15-23(33(50-4)32(34)41)17-46-14-11-22(16-46)37(48)49/h5-10,15,22H,11-14,16-20H2,1-4H3,(H,43,47)(H,48,49). The first-order valence-corrected chi connectivity index (χ1v) is 17.9. The van der Waals surface area contributed by atoms with E-state index in [1.807, 2.05) is 60.8 Å². The van der Waals surface area contributed by atoms with E-state index >= 15 is 4.39 Å². The first kappa shape index (κ1) is 36.2. The van der Waals surface area contributed by atoms with Crippen LogP contribution in [0.15, 0.2) is 42.5 Å². The number of aromatic nitrogens is 2. The molecule has 0 saturated carbocycles. The molecule has 3 aromatic carbocycles. The number of nitrogens with zero attached hydrogens (tertiary/aromatic N) is 4. The quantitative estimate of drug-likeness (QED) is 0.193. The Morgan fingerprint density at radius 3 is 2.56 bits per heavy atom. The number of carboxylic acids is 1. The van der Waals surface area contributed by atoms with Crippen LogP contribution in [0, 0.1) is 18.7 Å². The van der Waals surface area contributed by atoms with Crippen LogP contribution >= 0.6 is 23.2 Å². The minimum Gasteiger partial charge on any atom is -0.493 e. The van der Waals surface area contributed by atoms with Gasteiger partial charge in [0, 0.05) is 62.0 Å². The number of likely N-dealkylation sites (tertiary alicyclic amines) is 1. The van der Waals surface area contributed by atoms with Gasteiger partial charge in [-0.05, 0) is 50.2 Å². The van der Waals surface area contributed by atoms with Crippen LogP contribution in [0.3, 0.4) is 0 Å². The van der Waals surface area contributed by atoms with Gasteiger partial charge in [0.15, 0.2) is 22.9 Å². The number of carboxylic acid groups (broad SMARTS) is 1. The average Bonchev–Trinajstić information content (AvgIpc) is 3.70. The molecule has 0 aliphatic carbocycles. The molecule has 14 heteroatoms. The molecule has 274 valence electrons. The summed E-state index contributed by atoms with van der Waals surface area (Å²) in [4.78, 5) is 33.7. The topological polar surface area (TPSA) is 118 Å². The van der Waals surface area contributed by atoms with E-state index in [1.165, 1.54) is 7.11 Å². The van der Waals surface area contributed by atoms with Crippen molar-refractivity contribution in [1.82, 2.24) is 19.4 Å². The number of ether oxygens (including phenoxy) is 3. The summed E-state index contributed by atoms with van der Waals surface area (Å²) in [5, 5.41) is 12.8. The van der Waals surface area contributed by atoms with Crippen molar-refractivity contribution in [1.29, 1.82) is 0 Å². The van der Waals surface area contributed by atoms with Gasteiger partial charge in [-0.15, -0.1) is 0 Å². The highest BCUT2D eigenvalue weighted by Crippen LogP contribution is 2.46. The average molecular weight is 753 g/mol. The number of halogens is 3. The minimum atomic E-state index is -1.07. The third-order valence-electron chi connectivity index (χ3n) is 10.4. The zero-order chi connectivity index (χ0) is 36.9. The Labute approximate surface area is 311 Å². The van der Waals surface area contributed by atoms with Gasteiger partial charge in [0.05, 0.1) is 47.7 Å². The number of fused-ring (bicyclic) bond motifs is 1. The fourth-order valence-corrected chi connectivity index (χ4v) is 8.06. The lowest BCUT2D eigenvalue weighted by molar-refractivity contribution is -0.169. The molecule has 3 aliphatic heterocycles. The molecule has 1 amide bonds. The lowest BCUT2D eigenvalue weighted by Gasteiger charge is -2.43. The van der Waals surface area contributed by atoms with E-state index in [2.05, 4.69) is 15.2 Å². The highest BCUT2D eigenvalue weighted by Gasteiger charge is 2.46. The van der Waals surface area contributed by atoms with Gasteiger partial charge >= 0.3 is 5.97 Å². The second-order valence-electron chi connectivity index (χ2n) is 13.8. The van der Waals surface area contributed by atoms with Gasteiger partial charge in [0.2, 0.25) is 5.82 Å². The lowest BCUT2D eigenvalue weighted by atomic mass is 9.84. The molecule has 52 heavy (non-hydrogen) atoms. The Hall–Kier alpha value is -4.20. The van der Waals surface area contributed by atoms with Gasteiger partial charge in [-0.1, -0.05) is 53.5 Å². The zero-order valence-electron chi connectivity index (χ0n) is 29.4. The number of imidazole rings is 1. The summed E-state index contributed by atoms with van der Waals surface area (Å²) in [6.07, 6.45) is 1.34. The number of amides is 1. The summed E-state index contributed by atoms with van der Waals surface area (Å²) in [5.74, 6) is -2.26. The Morgan fingerprint density at radius 2 is 1.87 bits per heavy atom. The molecular weight excluding hydrogens is 712 g/mol. The summed E-state index contributed by atoms with van der Waals surface area (Å²) in [7, 11) is 5.27. The number of aliphatic carboxylic acids is 1. The molecule has 0 spiro atoms.